The third-order valence-corrected chi connectivity index (χ3v) is 4.10. The number of allylic oxidation sites excluding steroid dienone is 1. The highest BCUT2D eigenvalue weighted by Gasteiger charge is 2.11. The van der Waals surface area contributed by atoms with Gasteiger partial charge in [0.05, 0.1) is 17.6 Å². The lowest BCUT2D eigenvalue weighted by molar-refractivity contribution is 0.496. The van der Waals surface area contributed by atoms with E-state index in [0.717, 1.165) is 27.6 Å². The van der Waals surface area contributed by atoms with Crippen LogP contribution in [0, 0.1) is 6.92 Å². The number of aryl methyl sites for hydroxylation is 1. The van der Waals surface area contributed by atoms with Crippen LogP contribution in [0.25, 0.3) is 11.2 Å². The zero-order valence-electron chi connectivity index (χ0n) is 13.2. The molecule has 0 aliphatic heterocycles. The van der Waals surface area contributed by atoms with Gasteiger partial charge in [-0.1, -0.05) is 0 Å². The lowest BCUT2D eigenvalue weighted by atomic mass is 10.2. The zero-order valence-corrected chi connectivity index (χ0v) is 14.0. The lowest BCUT2D eigenvalue weighted by Gasteiger charge is -2.09. The van der Waals surface area contributed by atoms with Crippen molar-refractivity contribution in [2.75, 3.05) is 12.4 Å². The van der Waals surface area contributed by atoms with E-state index in [1.807, 2.05) is 50.0 Å². The van der Waals surface area contributed by atoms with Crippen LogP contribution >= 0.6 is 11.5 Å². The predicted molar refractivity (Wildman–Crippen MR) is 94.1 cm³/mol. The first-order valence-corrected chi connectivity index (χ1v) is 7.76. The maximum atomic E-state index is 4.49. The van der Waals surface area contributed by atoms with Crippen LogP contribution < -0.4 is 5.32 Å². The van der Waals surface area contributed by atoms with Gasteiger partial charge in [0.25, 0.3) is 0 Å². The number of hydrogen-bond donors (Lipinski definition) is 1. The van der Waals surface area contributed by atoms with Crippen LogP contribution in [0.1, 0.15) is 18.3 Å². The van der Waals surface area contributed by atoms with E-state index in [9.17, 15) is 0 Å². The molecule has 8 heteroatoms. The van der Waals surface area contributed by atoms with Crippen molar-refractivity contribution in [3.63, 3.8) is 0 Å². The molecule has 0 spiro atoms. The molecule has 3 aromatic heterocycles. The molecule has 3 aromatic rings. The third-order valence-electron chi connectivity index (χ3n) is 3.31. The average Bonchev–Trinajstić information content (AvgIpc) is 3.14. The summed E-state index contributed by atoms with van der Waals surface area (Å²) in [5, 5.41) is 9.72. The fraction of sp³-hybridized carbons (Fsp3) is 0.200. The van der Waals surface area contributed by atoms with E-state index < -0.39 is 0 Å². The molecule has 0 unspecified atom stereocenters. The van der Waals surface area contributed by atoms with Gasteiger partial charge in [-0.05, 0) is 37.0 Å². The molecule has 0 radical (unpaired) electrons. The van der Waals surface area contributed by atoms with Crippen molar-refractivity contribution >= 4 is 40.3 Å². The number of imidazole rings is 1. The summed E-state index contributed by atoms with van der Waals surface area (Å²) in [6.45, 7) is 7.47. The normalized spacial score (nSPS) is 11.7. The highest BCUT2D eigenvalue weighted by molar-refractivity contribution is 7.10. The van der Waals surface area contributed by atoms with Crippen molar-refractivity contribution in [3.8, 4) is 0 Å². The number of fused-ring (bicyclic) bond motifs is 1. The van der Waals surface area contributed by atoms with Gasteiger partial charge in [-0.25, -0.2) is 9.97 Å². The van der Waals surface area contributed by atoms with E-state index in [-0.39, 0.29) is 0 Å². The van der Waals surface area contributed by atoms with Crippen LogP contribution in [0.2, 0.25) is 0 Å². The molecule has 0 saturated carbocycles. The maximum absolute atomic E-state index is 4.49. The number of hydrogen-bond acceptors (Lipinski definition) is 7. The number of nitrogens with one attached hydrogen (secondary N) is 1. The Morgan fingerprint density at radius 3 is 3.00 bits per heavy atom. The van der Waals surface area contributed by atoms with Gasteiger partial charge >= 0.3 is 0 Å². The van der Waals surface area contributed by atoms with E-state index in [2.05, 4.69) is 31.5 Å². The fourth-order valence-electron chi connectivity index (χ4n) is 2.23. The standard InChI is InChI=1S/C15H17N7S/c1-10(9-21(4)16-3)12-8-18-15-14(17-5-6-22(12)15)19-13-7-11(2)20-23-13/h5-9H,3H2,1-2,4H3,(H,17,19)/b10-9+. The van der Waals surface area contributed by atoms with E-state index in [1.165, 1.54) is 11.5 Å². The molecule has 23 heavy (non-hydrogen) atoms. The summed E-state index contributed by atoms with van der Waals surface area (Å²) in [6.07, 6.45) is 7.36. The molecule has 0 amide bonds. The molecule has 7 nitrogen and oxygen atoms in total. The molecule has 0 atom stereocenters. The molecule has 118 valence electrons. The largest absolute Gasteiger partial charge is 0.328 e. The summed E-state index contributed by atoms with van der Waals surface area (Å²) in [6, 6.07) is 1.98. The summed E-state index contributed by atoms with van der Waals surface area (Å²) in [5.74, 6) is 0.699. The van der Waals surface area contributed by atoms with Crippen molar-refractivity contribution in [2.45, 2.75) is 13.8 Å². The van der Waals surface area contributed by atoms with Gasteiger partial charge in [0.1, 0.15) is 5.00 Å². The Kier molecular flexibility index (Phi) is 4.07. The smallest absolute Gasteiger partial charge is 0.180 e. The molecule has 3 heterocycles. The number of rotatable bonds is 5. The number of hydrazone groups is 1. The number of nitrogens with zero attached hydrogens (tertiary/aromatic N) is 6. The number of aromatic nitrogens is 4. The molecule has 1 N–H and O–H groups in total. The van der Waals surface area contributed by atoms with Gasteiger partial charge in [-0.2, -0.15) is 9.47 Å². The molecular weight excluding hydrogens is 310 g/mol. The molecular formula is C15H17N7S. The number of anilines is 2. The SMILES string of the molecule is C=NN(C)/C=C(\C)c1cnc2c(Nc3cc(C)ns3)nccn12. The first-order chi connectivity index (χ1) is 11.1. The van der Waals surface area contributed by atoms with Crippen molar-refractivity contribution in [2.24, 2.45) is 5.10 Å². The highest BCUT2D eigenvalue weighted by atomic mass is 32.1. The molecule has 0 bridgehead atoms. The first kappa shape index (κ1) is 15.2. The van der Waals surface area contributed by atoms with Crippen LogP contribution in [0.15, 0.2) is 36.0 Å². The summed E-state index contributed by atoms with van der Waals surface area (Å²) in [4.78, 5) is 8.88. The summed E-state index contributed by atoms with van der Waals surface area (Å²) < 4.78 is 6.25. The maximum Gasteiger partial charge on any atom is 0.180 e. The molecule has 0 aliphatic carbocycles. The van der Waals surface area contributed by atoms with Gasteiger partial charge in [-0.15, -0.1) is 0 Å². The Morgan fingerprint density at radius 1 is 1.48 bits per heavy atom. The van der Waals surface area contributed by atoms with Crippen molar-refractivity contribution in [1.82, 2.24) is 23.8 Å². The van der Waals surface area contributed by atoms with E-state index in [4.69, 9.17) is 0 Å². The van der Waals surface area contributed by atoms with Crippen molar-refractivity contribution in [3.05, 3.63) is 42.2 Å². The Hall–Kier alpha value is -2.74. The second-order valence-corrected chi connectivity index (χ2v) is 5.90. The minimum Gasteiger partial charge on any atom is -0.328 e. The Balaban J connectivity index is 2.00. The zero-order chi connectivity index (χ0) is 16.4. The second-order valence-electron chi connectivity index (χ2n) is 5.10. The first-order valence-electron chi connectivity index (χ1n) is 6.99. The van der Waals surface area contributed by atoms with Crippen LogP contribution in [0.3, 0.4) is 0 Å². The van der Waals surface area contributed by atoms with Gasteiger partial charge < -0.3 is 5.32 Å². The average molecular weight is 327 g/mol. The Bertz CT molecular complexity index is 877. The quantitative estimate of drug-likeness (QED) is 0.576. The van der Waals surface area contributed by atoms with E-state index in [0.29, 0.717) is 5.82 Å². The fourth-order valence-corrected chi connectivity index (χ4v) is 2.89. The highest BCUT2D eigenvalue weighted by Crippen LogP contribution is 2.25. The topological polar surface area (TPSA) is 70.7 Å². The lowest BCUT2D eigenvalue weighted by Crippen LogP contribution is -2.02. The van der Waals surface area contributed by atoms with Crippen LogP contribution in [0.4, 0.5) is 10.8 Å². The molecule has 0 aromatic carbocycles. The van der Waals surface area contributed by atoms with E-state index >= 15 is 0 Å². The Morgan fingerprint density at radius 2 is 2.30 bits per heavy atom. The molecule has 0 saturated heterocycles. The minimum atomic E-state index is 0.699. The van der Waals surface area contributed by atoms with Gasteiger partial charge in [0.2, 0.25) is 0 Å². The second kappa shape index (κ2) is 6.17. The molecule has 0 fully saturated rings. The van der Waals surface area contributed by atoms with Crippen LogP contribution in [0.5, 0.6) is 0 Å². The van der Waals surface area contributed by atoms with Crippen LogP contribution in [-0.4, -0.2) is 37.5 Å². The van der Waals surface area contributed by atoms with Crippen molar-refractivity contribution < 1.29 is 0 Å². The van der Waals surface area contributed by atoms with Crippen molar-refractivity contribution in [1.29, 1.82) is 0 Å². The van der Waals surface area contributed by atoms with Crippen LogP contribution in [-0.2, 0) is 0 Å². The molecule has 0 aliphatic rings. The summed E-state index contributed by atoms with van der Waals surface area (Å²) in [5.41, 5.74) is 3.74. The Labute approximate surface area is 138 Å². The molecule has 3 rings (SSSR count). The van der Waals surface area contributed by atoms with Gasteiger partial charge in [0.15, 0.2) is 11.5 Å². The van der Waals surface area contributed by atoms with Gasteiger partial charge in [-0.3, -0.25) is 9.41 Å². The monoisotopic (exact) mass is 327 g/mol. The summed E-state index contributed by atoms with van der Waals surface area (Å²) >= 11 is 1.40. The predicted octanol–water partition coefficient (Wildman–Crippen LogP) is 3.15. The minimum absolute atomic E-state index is 0.699. The van der Waals surface area contributed by atoms with Gasteiger partial charge in [0, 0.05) is 32.4 Å². The summed E-state index contributed by atoms with van der Waals surface area (Å²) in [7, 11) is 1.83. The van der Waals surface area contributed by atoms with E-state index in [1.54, 1.807) is 11.2 Å². The third kappa shape index (κ3) is 3.07.